The second-order valence-corrected chi connectivity index (χ2v) is 14.9. The number of rotatable bonds is 37. The van der Waals surface area contributed by atoms with E-state index < -0.39 is 7.82 Å². The first kappa shape index (κ1) is 46.0. The molecule has 0 saturated carbocycles. The van der Waals surface area contributed by atoms with E-state index in [4.69, 9.17) is 13.6 Å². The Morgan fingerprint density at radius 2 is 0.745 bits per heavy atom. The predicted octanol–water partition coefficient (Wildman–Crippen LogP) is 13.7. The lowest BCUT2D eigenvalue weighted by Gasteiger charge is -2.19. The zero-order valence-corrected chi connectivity index (χ0v) is 32.5. The average Bonchev–Trinajstić information content (AvgIpc) is 3.06. The van der Waals surface area contributed by atoms with Crippen molar-refractivity contribution in [1.29, 1.82) is 0 Å². The summed E-state index contributed by atoms with van der Waals surface area (Å²) in [6, 6.07) is 0. The minimum Gasteiger partial charge on any atom is -0.309 e. The van der Waals surface area contributed by atoms with E-state index in [0.717, 1.165) is 51.5 Å². The van der Waals surface area contributed by atoms with Crippen molar-refractivity contribution >= 4 is 7.82 Å². The molecule has 0 amide bonds. The van der Waals surface area contributed by atoms with E-state index in [1.807, 2.05) is 14.1 Å². The standard InChI is InChI=1S/C41H78NO4P/c1-5-7-9-11-13-15-17-19-21-23-25-27-29-31-33-35-39-44-47(43,46-41-37-38-42(3)4)45-40-36-34-32-30-28-26-24-22-20-18-16-14-12-10-8-6-2/h13-16,19-22H,5-12,17-18,23-41H2,1-4H3/b15-13-,16-14-,21-19-,22-20-. The summed E-state index contributed by atoms with van der Waals surface area (Å²) < 4.78 is 30.5. The lowest BCUT2D eigenvalue weighted by Crippen LogP contribution is -2.15. The van der Waals surface area contributed by atoms with Crippen LogP contribution in [0.15, 0.2) is 48.6 Å². The Hall–Kier alpha value is -0.970. The molecule has 6 heteroatoms. The van der Waals surface area contributed by atoms with Gasteiger partial charge in [0.2, 0.25) is 0 Å². The highest BCUT2D eigenvalue weighted by molar-refractivity contribution is 7.48. The lowest BCUT2D eigenvalue weighted by atomic mass is 10.1. The molecule has 47 heavy (non-hydrogen) atoms. The topological polar surface area (TPSA) is 48.0 Å². The maximum Gasteiger partial charge on any atom is 0.474 e. The third-order valence-electron chi connectivity index (χ3n) is 8.19. The van der Waals surface area contributed by atoms with Gasteiger partial charge >= 0.3 is 7.82 Å². The SMILES string of the molecule is CCCCC/C=C\C/C=C\CCCCCCCCOP(=O)(OCCCCCCCC/C=C\C/C=C\CCCCC)OCCCN(C)C. The van der Waals surface area contributed by atoms with Crippen molar-refractivity contribution in [3.05, 3.63) is 48.6 Å². The Bertz CT molecular complexity index is 738. The molecule has 0 aromatic carbocycles. The molecule has 0 aromatic rings. The fourth-order valence-electron chi connectivity index (χ4n) is 5.20. The Morgan fingerprint density at radius 3 is 1.11 bits per heavy atom. The first-order chi connectivity index (χ1) is 23.0. The molecule has 0 heterocycles. The Balaban J connectivity index is 3.95. The number of hydrogen-bond donors (Lipinski definition) is 0. The molecule has 0 spiro atoms. The van der Waals surface area contributed by atoms with Crippen molar-refractivity contribution in [2.75, 3.05) is 40.5 Å². The van der Waals surface area contributed by atoms with Crippen LogP contribution in [-0.2, 0) is 18.1 Å². The van der Waals surface area contributed by atoms with Crippen LogP contribution in [0.4, 0.5) is 0 Å². The van der Waals surface area contributed by atoms with Gasteiger partial charge in [0.1, 0.15) is 0 Å². The van der Waals surface area contributed by atoms with Crippen molar-refractivity contribution in [3.63, 3.8) is 0 Å². The van der Waals surface area contributed by atoms with Gasteiger partial charge in [-0.15, -0.1) is 0 Å². The van der Waals surface area contributed by atoms with E-state index in [9.17, 15) is 4.57 Å². The number of allylic oxidation sites excluding steroid dienone is 8. The van der Waals surface area contributed by atoms with Crippen LogP contribution in [-0.4, -0.2) is 45.4 Å². The zero-order chi connectivity index (χ0) is 34.4. The molecule has 0 aliphatic rings. The number of nitrogens with zero attached hydrogens (tertiary/aromatic N) is 1. The molecule has 0 fully saturated rings. The Kier molecular flexibility index (Phi) is 37.1. The third-order valence-corrected chi connectivity index (χ3v) is 9.68. The van der Waals surface area contributed by atoms with E-state index in [2.05, 4.69) is 67.4 Å². The van der Waals surface area contributed by atoms with Gasteiger partial charge in [0.25, 0.3) is 0 Å². The van der Waals surface area contributed by atoms with Crippen LogP contribution < -0.4 is 0 Å². The summed E-state index contributed by atoms with van der Waals surface area (Å²) in [6.07, 6.45) is 48.0. The number of phosphoric acid groups is 1. The van der Waals surface area contributed by atoms with Crippen LogP contribution in [0.2, 0.25) is 0 Å². The van der Waals surface area contributed by atoms with Gasteiger partial charge < -0.3 is 4.90 Å². The van der Waals surface area contributed by atoms with Crippen molar-refractivity contribution in [1.82, 2.24) is 4.90 Å². The first-order valence-electron chi connectivity index (χ1n) is 19.8. The summed E-state index contributed by atoms with van der Waals surface area (Å²) in [5, 5.41) is 0. The molecule has 276 valence electrons. The number of hydrogen-bond acceptors (Lipinski definition) is 5. The minimum atomic E-state index is -3.50. The fourth-order valence-corrected chi connectivity index (χ4v) is 6.48. The van der Waals surface area contributed by atoms with Gasteiger partial charge in [0.05, 0.1) is 19.8 Å². The smallest absolute Gasteiger partial charge is 0.309 e. The highest BCUT2D eigenvalue weighted by Crippen LogP contribution is 2.49. The molecule has 0 atom stereocenters. The second-order valence-electron chi connectivity index (χ2n) is 13.3. The highest BCUT2D eigenvalue weighted by Gasteiger charge is 2.26. The Labute approximate surface area is 293 Å². The summed E-state index contributed by atoms with van der Waals surface area (Å²) in [5.41, 5.74) is 0. The molecule has 0 unspecified atom stereocenters. The maximum absolute atomic E-state index is 13.3. The molecule has 0 N–H and O–H groups in total. The lowest BCUT2D eigenvalue weighted by molar-refractivity contribution is 0.107. The first-order valence-corrected chi connectivity index (χ1v) is 21.3. The van der Waals surface area contributed by atoms with E-state index in [-0.39, 0.29) is 0 Å². The second kappa shape index (κ2) is 37.8. The molecule has 0 aliphatic heterocycles. The molecule has 0 aliphatic carbocycles. The quantitative estimate of drug-likeness (QED) is 0.0371. The molecule has 0 bridgehead atoms. The minimum absolute atomic E-state index is 0.392. The van der Waals surface area contributed by atoms with Crippen LogP contribution in [0.1, 0.15) is 174 Å². The van der Waals surface area contributed by atoms with Gasteiger partial charge in [-0.3, -0.25) is 13.6 Å². The highest BCUT2D eigenvalue weighted by atomic mass is 31.2. The van der Waals surface area contributed by atoms with E-state index in [1.165, 1.54) is 116 Å². The fraction of sp³-hybridized carbons (Fsp3) is 0.805. The van der Waals surface area contributed by atoms with Crippen LogP contribution in [0.5, 0.6) is 0 Å². The number of unbranched alkanes of at least 4 members (excludes halogenated alkanes) is 18. The average molecular weight is 680 g/mol. The van der Waals surface area contributed by atoms with Crippen LogP contribution in [0.3, 0.4) is 0 Å². The summed E-state index contributed by atoms with van der Waals surface area (Å²) >= 11 is 0. The van der Waals surface area contributed by atoms with Crippen molar-refractivity contribution in [3.8, 4) is 0 Å². The molecule has 5 nitrogen and oxygen atoms in total. The molecule has 0 rings (SSSR count). The Morgan fingerprint density at radius 1 is 0.426 bits per heavy atom. The van der Waals surface area contributed by atoms with Gasteiger partial charge in [0.15, 0.2) is 0 Å². The van der Waals surface area contributed by atoms with Crippen LogP contribution >= 0.6 is 7.82 Å². The molecular weight excluding hydrogens is 601 g/mol. The number of phosphoric ester groups is 1. The summed E-state index contributed by atoms with van der Waals surface area (Å²) in [7, 11) is 0.561. The van der Waals surface area contributed by atoms with Crippen molar-refractivity contribution in [2.24, 2.45) is 0 Å². The summed E-state index contributed by atoms with van der Waals surface area (Å²) in [5.74, 6) is 0. The van der Waals surface area contributed by atoms with Gasteiger partial charge in [-0.05, 0) is 104 Å². The largest absolute Gasteiger partial charge is 0.474 e. The molecule has 0 radical (unpaired) electrons. The maximum atomic E-state index is 13.3. The van der Waals surface area contributed by atoms with Crippen molar-refractivity contribution < 1.29 is 18.1 Å². The van der Waals surface area contributed by atoms with E-state index in [1.54, 1.807) is 0 Å². The third kappa shape index (κ3) is 37.7. The zero-order valence-electron chi connectivity index (χ0n) is 31.7. The van der Waals surface area contributed by atoms with Gasteiger partial charge in [0, 0.05) is 0 Å². The predicted molar refractivity (Wildman–Crippen MR) is 207 cm³/mol. The van der Waals surface area contributed by atoms with Gasteiger partial charge in [-0.25, -0.2) is 4.57 Å². The van der Waals surface area contributed by atoms with Crippen LogP contribution in [0, 0.1) is 0 Å². The summed E-state index contributed by atoms with van der Waals surface area (Å²) in [4.78, 5) is 2.10. The summed E-state index contributed by atoms with van der Waals surface area (Å²) in [6.45, 7) is 6.65. The van der Waals surface area contributed by atoms with E-state index >= 15 is 0 Å². The van der Waals surface area contributed by atoms with Gasteiger partial charge in [-0.1, -0.05) is 140 Å². The van der Waals surface area contributed by atoms with Crippen molar-refractivity contribution in [2.45, 2.75) is 174 Å². The van der Waals surface area contributed by atoms with Crippen LogP contribution in [0.25, 0.3) is 0 Å². The molecule has 0 aromatic heterocycles. The van der Waals surface area contributed by atoms with Gasteiger partial charge in [-0.2, -0.15) is 0 Å². The molecule has 0 saturated heterocycles. The monoisotopic (exact) mass is 680 g/mol. The molecular formula is C41H78NO4P. The van der Waals surface area contributed by atoms with E-state index in [0.29, 0.717) is 19.8 Å². The normalized spacial score (nSPS) is 12.8.